The van der Waals surface area contributed by atoms with Gasteiger partial charge in [0.25, 0.3) is 0 Å². The summed E-state index contributed by atoms with van der Waals surface area (Å²) in [5, 5.41) is 9.27. The molecule has 1 aromatic carbocycles. The third kappa shape index (κ3) is 2.79. The van der Waals surface area contributed by atoms with E-state index in [1.165, 1.54) is 0 Å². The van der Waals surface area contributed by atoms with Crippen molar-refractivity contribution in [1.29, 1.82) is 0 Å². The van der Waals surface area contributed by atoms with Crippen LogP contribution in [0.3, 0.4) is 0 Å². The lowest BCUT2D eigenvalue weighted by Crippen LogP contribution is -2.34. The molecule has 0 aliphatic carbocycles. The summed E-state index contributed by atoms with van der Waals surface area (Å²) >= 11 is 3.37. The van der Waals surface area contributed by atoms with Crippen LogP contribution in [0.25, 0.3) is 0 Å². The number of rotatable bonds is 3. The summed E-state index contributed by atoms with van der Waals surface area (Å²) in [6.45, 7) is 6.18. The number of sulfonamides is 1. The van der Waals surface area contributed by atoms with E-state index in [1.54, 1.807) is 23.4 Å². The molecular weight excluding hydrogens is 342 g/mol. The smallest absolute Gasteiger partial charge is 0.243 e. The van der Waals surface area contributed by atoms with Crippen LogP contribution in [-0.4, -0.2) is 30.4 Å². The van der Waals surface area contributed by atoms with Crippen molar-refractivity contribution in [3.63, 3.8) is 0 Å². The van der Waals surface area contributed by atoms with Crippen molar-refractivity contribution < 1.29 is 13.5 Å². The molecule has 1 N–H and O–H groups in total. The van der Waals surface area contributed by atoms with Gasteiger partial charge in [-0.15, -0.1) is 0 Å². The van der Waals surface area contributed by atoms with Crippen LogP contribution in [0.1, 0.15) is 31.4 Å². The van der Waals surface area contributed by atoms with E-state index < -0.39 is 10.0 Å². The topological polar surface area (TPSA) is 57.6 Å². The Hall–Kier alpha value is -0.430. The van der Waals surface area contributed by atoms with E-state index in [9.17, 15) is 13.5 Å². The summed E-state index contributed by atoms with van der Waals surface area (Å²) in [7, 11) is -3.51. The fourth-order valence-corrected chi connectivity index (χ4v) is 5.49. The summed E-state index contributed by atoms with van der Waals surface area (Å²) < 4.78 is 28.0. The van der Waals surface area contributed by atoms with Gasteiger partial charge in [0.05, 0.1) is 11.5 Å². The van der Waals surface area contributed by atoms with Gasteiger partial charge in [0, 0.05) is 17.1 Å². The average molecular weight is 362 g/mol. The van der Waals surface area contributed by atoms with E-state index in [4.69, 9.17) is 0 Å². The third-order valence-electron chi connectivity index (χ3n) is 3.85. The maximum Gasteiger partial charge on any atom is 0.243 e. The number of hydrogen-bond donors (Lipinski definition) is 1. The van der Waals surface area contributed by atoms with Gasteiger partial charge in [-0.25, -0.2) is 8.42 Å². The quantitative estimate of drug-likeness (QED) is 0.900. The fraction of sp³-hybridized carbons (Fsp3) is 0.571. The fourth-order valence-electron chi connectivity index (χ4n) is 2.79. The molecule has 6 heteroatoms. The maximum atomic E-state index is 12.9. The average Bonchev–Trinajstić information content (AvgIpc) is 2.72. The Kier molecular flexibility index (Phi) is 4.59. The highest BCUT2D eigenvalue weighted by Crippen LogP contribution is 2.33. The summed E-state index contributed by atoms with van der Waals surface area (Å²) in [5.74, 6) is 0.379. The molecule has 2 unspecified atom stereocenters. The highest BCUT2D eigenvalue weighted by molar-refractivity contribution is 9.10. The Morgan fingerprint density at radius 1 is 1.40 bits per heavy atom. The minimum atomic E-state index is -3.51. The van der Waals surface area contributed by atoms with Crippen LogP contribution in [0.15, 0.2) is 21.5 Å². The van der Waals surface area contributed by atoms with E-state index in [2.05, 4.69) is 22.9 Å². The van der Waals surface area contributed by atoms with Crippen LogP contribution >= 0.6 is 15.9 Å². The Balaban J connectivity index is 2.52. The van der Waals surface area contributed by atoms with E-state index in [0.29, 0.717) is 28.1 Å². The number of hydrogen-bond acceptors (Lipinski definition) is 3. The second-order valence-electron chi connectivity index (χ2n) is 5.62. The molecule has 4 nitrogen and oxygen atoms in total. The summed E-state index contributed by atoms with van der Waals surface area (Å²) in [6.07, 6.45) is 0.888. The van der Waals surface area contributed by atoms with Gasteiger partial charge in [-0.2, -0.15) is 4.31 Å². The molecule has 2 rings (SSSR count). The first kappa shape index (κ1) is 15.9. The van der Waals surface area contributed by atoms with Crippen molar-refractivity contribution in [2.45, 2.75) is 44.7 Å². The Labute approximate surface area is 129 Å². The lowest BCUT2D eigenvalue weighted by molar-refractivity contribution is 0.281. The van der Waals surface area contributed by atoms with Gasteiger partial charge in [-0.1, -0.05) is 22.9 Å². The van der Waals surface area contributed by atoms with Crippen molar-refractivity contribution in [2.24, 2.45) is 5.92 Å². The monoisotopic (exact) mass is 361 g/mol. The zero-order chi connectivity index (χ0) is 15.1. The second-order valence-corrected chi connectivity index (χ2v) is 8.34. The van der Waals surface area contributed by atoms with Crippen molar-refractivity contribution in [2.75, 3.05) is 6.54 Å². The van der Waals surface area contributed by atoms with Gasteiger partial charge in [-0.05, 0) is 49.4 Å². The van der Waals surface area contributed by atoms with Crippen LogP contribution < -0.4 is 0 Å². The normalized spacial score (nSPS) is 24.2. The highest BCUT2D eigenvalue weighted by atomic mass is 79.9. The molecule has 1 heterocycles. The van der Waals surface area contributed by atoms with E-state index >= 15 is 0 Å². The SMILES string of the molecule is Cc1c(Br)cc(CO)cc1S(=O)(=O)N1CC(C)CC1C. The lowest BCUT2D eigenvalue weighted by Gasteiger charge is -2.23. The Morgan fingerprint density at radius 3 is 2.55 bits per heavy atom. The molecule has 1 saturated heterocycles. The van der Waals surface area contributed by atoms with E-state index in [0.717, 1.165) is 6.42 Å². The van der Waals surface area contributed by atoms with Crippen LogP contribution in [0, 0.1) is 12.8 Å². The number of benzene rings is 1. The number of aliphatic hydroxyl groups excluding tert-OH is 1. The minimum Gasteiger partial charge on any atom is -0.392 e. The van der Waals surface area contributed by atoms with Gasteiger partial charge in [0.15, 0.2) is 0 Å². The molecule has 1 fully saturated rings. The van der Waals surface area contributed by atoms with Crippen LogP contribution in [0.4, 0.5) is 0 Å². The Morgan fingerprint density at radius 2 is 2.05 bits per heavy atom. The largest absolute Gasteiger partial charge is 0.392 e. The van der Waals surface area contributed by atoms with Crippen molar-refractivity contribution in [1.82, 2.24) is 4.31 Å². The Bertz CT molecular complexity index is 615. The molecule has 112 valence electrons. The molecule has 1 aliphatic rings. The predicted molar refractivity (Wildman–Crippen MR) is 81.9 cm³/mol. The second kappa shape index (κ2) is 5.75. The number of nitrogens with zero attached hydrogens (tertiary/aromatic N) is 1. The molecule has 0 spiro atoms. The van der Waals surface area contributed by atoms with Crippen LogP contribution in [0.5, 0.6) is 0 Å². The highest BCUT2D eigenvalue weighted by Gasteiger charge is 2.37. The van der Waals surface area contributed by atoms with E-state index in [1.807, 2.05) is 6.92 Å². The van der Waals surface area contributed by atoms with Gasteiger partial charge in [0.1, 0.15) is 0 Å². The van der Waals surface area contributed by atoms with E-state index in [-0.39, 0.29) is 17.5 Å². The van der Waals surface area contributed by atoms with Gasteiger partial charge < -0.3 is 5.11 Å². The molecule has 1 aliphatic heterocycles. The van der Waals surface area contributed by atoms with Gasteiger partial charge >= 0.3 is 0 Å². The molecule has 0 aromatic heterocycles. The zero-order valence-corrected chi connectivity index (χ0v) is 14.3. The van der Waals surface area contributed by atoms with Crippen molar-refractivity contribution >= 4 is 26.0 Å². The van der Waals surface area contributed by atoms with Gasteiger partial charge in [0.2, 0.25) is 10.0 Å². The lowest BCUT2D eigenvalue weighted by atomic mass is 10.1. The van der Waals surface area contributed by atoms with Crippen molar-refractivity contribution in [3.05, 3.63) is 27.7 Å². The molecule has 0 amide bonds. The molecule has 1 aromatic rings. The van der Waals surface area contributed by atoms with Crippen LogP contribution in [-0.2, 0) is 16.6 Å². The minimum absolute atomic E-state index is 0.0194. The molecule has 0 bridgehead atoms. The first-order valence-corrected chi connectivity index (χ1v) is 8.92. The molecule has 0 radical (unpaired) electrons. The predicted octanol–water partition coefficient (Wildman–Crippen LogP) is 2.67. The summed E-state index contributed by atoms with van der Waals surface area (Å²) in [6, 6.07) is 3.35. The first-order valence-electron chi connectivity index (χ1n) is 6.69. The zero-order valence-electron chi connectivity index (χ0n) is 11.9. The molecule has 20 heavy (non-hydrogen) atoms. The van der Waals surface area contributed by atoms with Crippen molar-refractivity contribution in [3.8, 4) is 0 Å². The molecule has 2 atom stereocenters. The standard InChI is InChI=1S/C14H20BrNO3S/c1-9-4-10(2)16(7-9)20(18,19)14-6-12(8-17)5-13(15)11(14)3/h5-6,9-10,17H,4,7-8H2,1-3H3. The van der Waals surface area contributed by atoms with Crippen LogP contribution in [0.2, 0.25) is 0 Å². The maximum absolute atomic E-state index is 12.9. The summed E-state index contributed by atoms with van der Waals surface area (Å²) in [4.78, 5) is 0.289. The first-order chi connectivity index (χ1) is 9.27. The molecule has 0 saturated carbocycles. The number of halogens is 1. The third-order valence-corrected chi connectivity index (χ3v) is 6.78. The van der Waals surface area contributed by atoms with Gasteiger partial charge in [-0.3, -0.25) is 0 Å². The molecular formula is C14H20BrNO3S. The number of aliphatic hydroxyl groups is 1. The summed E-state index contributed by atoms with van der Waals surface area (Å²) in [5.41, 5.74) is 1.29.